The Balaban J connectivity index is 1.46. The van der Waals surface area contributed by atoms with Crippen LogP contribution in [-0.2, 0) is 6.61 Å². The second kappa shape index (κ2) is 10.7. The van der Waals surface area contributed by atoms with Crippen molar-refractivity contribution in [1.82, 2.24) is 0 Å². The van der Waals surface area contributed by atoms with E-state index in [-0.39, 0.29) is 12.5 Å². The quantitative estimate of drug-likeness (QED) is 0.293. The first-order valence-electron chi connectivity index (χ1n) is 10.6. The number of carbonyl (C=O) groups excluding carboxylic acids is 1. The van der Waals surface area contributed by atoms with Crippen LogP contribution in [0.5, 0.6) is 11.5 Å². The molecule has 1 amide bonds. The summed E-state index contributed by atoms with van der Waals surface area (Å²) in [6.45, 7) is 0.289. The average Bonchev–Trinajstić information content (AvgIpc) is 2.88. The molecule has 0 bridgehead atoms. The van der Waals surface area contributed by atoms with Crippen LogP contribution in [0.1, 0.15) is 15.9 Å². The Labute approximate surface area is 198 Å². The van der Waals surface area contributed by atoms with E-state index in [4.69, 9.17) is 9.47 Å². The zero-order valence-electron chi connectivity index (χ0n) is 18.6. The van der Waals surface area contributed by atoms with Gasteiger partial charge in [0.15, 0.2) is 0 Å². The lowest BCUT2D eigenvalue weighted by atomic mass is 10.1. The highest BCUT2D eigenvalue weighted by Crippen LogP contribution is 2.26. The largest absolute Gasteiger partial charge is 0.496 e. The highest BCUT2D eigenvalue weighted by molar-refractivity contribution is 7.98. The van der Waals surface area contributed by atoms with Crippen LogP contribution in [0.25, 0.3) is 11.1 Å². The van der Waals surface area contributed by atoms with Gasteiger partial charge in [-0.05, 0) is 65.9 Å². The topological polar surface area (TPSA) is 47.6 Å². The molecule has 0 unspecified atom stereocenters. The van der Waals surface area contributed by atoms with Crippen molar-refractivity contribution >= 4 is 23.4 Å². The molecule has 0 heterocycles. The van der Waals surface area contributed by atoms with Gasteiger partial charge in [0.05, 0.1) is 7.11 Å². The normalized spacial score (nSPS) is 10.5. The van der Waals surface area contributed by atoms with E-state index in [2.05, 4.69) is 17.4 Å². The lowest BCUT2D eigenvalue weighted by Crippen LogP contribution is -2.13. The molecule has 1 N–H and O–H groups in total. The van der Waals surface area contributed by atoms with E-state index < -0.39 is 0 Å². The van der Waals surface area contributed by atoms with E-state index in [0.717, 1.165) is 33.0 Å². The molecule has 0 radical (unpaired) electrons. The van der Waals surface area contributed by atoms with Crippen molar-refractivity contribution < 1.29 is 14.3 Å². The molecule has 0 aromatic heterocycles. The highest BCUT2D eigenvalue weighted by Gasteiger charge is 2.12. The first kappa shape index (κ1) is 22.5. The van der Waals surface area contributed by atoms with Crippen molar-refractivity contribution in [2.24, 2.45) is 0 Å². The van der Waals surface area contributed by atoms with Crippen LogP contribution in [0.3, 0.4) is 0 Å². The number of nitrogens with one attached hydrogen (secondary N) is 1. The van der Waals surface area contributed by atoms with Crippen LogP contribution in [-0.4, -0.2) is 19.3 Å². The van der Waals surface area contributed by atoms with Crippen molar-refractivity contribution in [3.8, 4) is 22.6 Å². The van der Waals surface area contributed by atoms with Gasteiger partial charge < -0.3 is 14.8 Å². The van der Waals surface area contributed by atoms with E-state index in [1.54, 1.807) is 31.0 Å². The van der Waals surface area contributed by atoms with Gasteiger partial charge >= 0.3 is 0 Å². The molecule has 0 saturated heterocycles. The maximum absolute atomic E-state index is 12.8. The predicted octanol–water partition coefficient (Wildman–Crippen LogP) is 6.92. The number of hydrogen-bond acceptors (Lipinski definition) is 4. The summed E-state index contributed by atoms with van der Waals surface area (Å²) in [5.41, 5.74) is 4.40. The summed E-state index contributed by atoms with van der Waals surface area (Å²) in [4.78, 5) is 13.9. The summed E-state index contributed by atoms with van der Waals surface area (Å²) < 4.78 is 11.5. The first-order chi connectivity index (χ1) is 16.2. The molecule has 0 saturated carbocycles. The lowest BCUT2D eigenvalue weighted by Gasteiger charge is -2.13. The summed E-state index contributed by atoms with van der Waals surface area (Å²) in [6, 6.07) is 31.3. The monoisotopic (exact) mass is 455 g/mol. The van der Waals surface area contributed by atoms with E-state index in [0.29, 0.717) is 11.3 Å². The fraction of sp³-hybridized carbons (Fsp3) is 0.107. The maximum atomic E-state index is 12.8. The Hall–Kier alpha value is -3.70. The van der Waals surface area contributed by atoms with Crippen LogP contribution in [0.2, 0.25) is 0 Å². The fourth-order valence-corrected chi connectivity index (χ4v) is 3.93. The van der Waals surface area contributed by atoms with Crippen LogP contribution < -0.4 is 14.8 Å². The predicted molar refractivity (Wildman–Crippen MR) is 135 cm³/mol. The number of ether oxygens (including phenoxy) is 2. The number of thioether (sulfide) groups is 1. The Morgan fingerprint density at radius 3 is 2.33 bits per heavy atom. The number of hydrogen-bond donors (Lipinski definition) is 1. The summed E-state index contributed by atoms with van der Waals surface area (Å²) in [5.74, 6) is 1.25. The Kier molecular flexibility index (Phi) is 7.33. The van der Waals surface area contributed by atoms with Crippen LogP contribution in [0, 0.1) is 0 Å². The number of rotatable bonds is 8. The third kappa shape index (κ3) is 5.76. The average molecular weight is 456 g/mol. The molecule has 33 heavy (non-hydrogen) atoms. The van der Waals surface area contributed by atoms with Crippen molar-refractivity contribution in [2.75, 3.05) is 18.7 Å². The molecule has 4 aromatic rings. The Bertz CT molecular complexity index is 1220. The van der Waals surface area contributed by atoms with Crippen LogP contribution in [0.15, 0.2) is 102 Å². The van der Waals surface area contributed by atoms with Crippen molar-refractivity contribution in [2.45, 2.75) is 11.5 Å². The summed E-state index contributed by atoms with van der Waals surface area (Å²) in [5, 5.41) is 2.96. The lowest BCUT2D eigenvalue weighted by molar-refractivity contribution is 0.102. The Morgan fingerprint density at radius 2 is 1.61 bits per heavy atom. The number of benzene rings is 4. The number of carbonyl (C=O) groups is 1. The van der Waals surface area contributed by atoms with Crippen LogP contribution >= 0.6 is 11.8 Å². The number of amides is 1. The molecular formula is C28H25NO3S. The standard InChI is InChI=1S/C28H25NO3S/c1-31-27-16-13-22(28(30)29-24-9-6-10-26(18-24)33-2)17-23(27)19-32-25-14-11-21(12-15-25)20-7-4-3-5-8-20/h3-18H,19H2,1-2H3,(H,29,30). The van der Waals surface area contributed by atoms with Gasteiger partial charge in [0.25, 0.3) is 5.91 Å². The summed E-state index contributed by atoms with van der Waals surface area (Å²) in [6.07, 6.45) is 2.01. The van der Waals surface area contributed by atoms with Gasteiger partial charge in [-0.2, -0.15) is 0 Å². The van der Waals surface area contributed by atoms with E-state index in [9.17, 15) is 4.79 Å². The minimum Gasteiger partial charge on any atom is -0.496 e. The molecule has 166 valence electrons. The number of methoxy groups -OCH3 is 1. The molecule has 4 rings (SSSR count). The van der Waals surface area contributed by atoms with Gasteiger partial charge in [0.2, 0.25) is 0 Å². The van der Waals surface area contributed by atoms with E-state index in [1.165, 1.54) is 0 Å². The molecule has 4 aromatic carbocycles. The molecule has 0 spiro atoms. The molecule has 0 aliphatic rings. The second-order valence-corrected chi connectivity index (χ2v) is 8.27. The van der Waals surface area contributed by atoms with Crippen molar-refractivity contribution in [1.29, 1.82) is 0 Å². The second-order valence-electron chi connectivity index (χ2n) is 7.39. The van der Waals surface area contributed by atoms with Gasteiger partial charge in [-0.25, -0.2) is 0 Å². The third-order valence-corrected chi connectivity index (χ3v) is 5.95. The fourth-order valence-electron chi connectivity index (χ4n) is 3.47. The van der Waals surface area contributed by atoms with Gasteiger partial charge in [-0.15, -0.1) is 11.8 Å². The Morgan fingerprint density at radius 1 is 0.848 bits per heavy atom. The summed E-state index contributed by atoms with van der Waals surface area (Å²) >= 11 is 1.63. The van der Waals surface area contributed by atoms with Crippen molar-refractivity contribution in [3.63, 3.8) is 0 Å². The SMILES string of the molecule is COc1ccc(C(=O)Nc2cccc(SC)c2)cc1COc1ccc(-c2ccccc2)cc1. The molecule has 0 atom stereocenters. The van der Waals surface area contributed by atoms with Gasteiger partial charge in [-0.3, -0.25) is 4.79 Å². The third-order valence-electron chi connectivity index (χ3n) is 5.23. The van der Waals surface area contributed by atoms with Gasteiger partial charge in [0, 0.05) is 21.7 Å². The molecular weight excluding hydrogens is 430 g/mol. The highest BCUT2D eigenvalue weighted by atomic mass is 32.2. The van der Waals surface area contributed by atoms with E-state index in [1.807, 2.05) is 79.1 Å². The summed E-state index contributed by atoms with van der Waals surface area (Å²) in [7, 11) is 1.61. The van der Waals surface area contributed by atoms with E-state index >= 15 is 0 Å². The number of anilines is 1. The molecule has 5 heteroatoms. The molecule has 0 fully saturated rings. The molecule has 4 nitrogen and oxygen atoms in total. The smallest absolute Gasteiger partial charge is 0.255 e. The zero-order chi connectivity index (χ0) is 23.0. The first-order valence-corrected chi connectivity index (χ1v) is 11.8. The zero-order valence-corrected chi connectivity index (χ0v) is 19.4. The minimum atomic E-state index is -0.177. The van der Waals surface area contributed by atoms with Crippen LogP contribution in [0.4, 0.5) is 5.69 Å². The van der Waals surface area contributed by atoms with Gasteiger partial charge in [0.1, 0.15) is 18.1 Å². The molecule has 0 aliphatic heterocycles. The minimum absolute atomic E-state index is 0.177. The van der Waals surface area contributed by atoms with Crippen molar-refractivity contribution in [3.05, 3.63) is 108 Å². The maximum Gasteiger partial charge on any atom is 0.255 e. The van der Waals surface area contributed by atoms with Gasteiger partial charge in [-0.1, -0.05) is 48.5 Å². The molecule has 0 aliphatic carbocycles.